The van der Waals surface area contributed by atoms with Crippen LogP contribution >= 0.6 is 0 Å². The van der Waals surface area contributed by atoms with Gasteiger partial charge in [0.05, 0.1) is 0 Å². The summed E-state index contributed by atoms with van der Waals surface area (Å²) < 4.78 is 15.3. The standard InChI is InChI=1S/C12H13NO5/c1-8(14)18-7-12(15)13-9-2-3-10-11(6-9)17-5-4-16-10/h2-3,6H,4-5,7H2,1H3,(H,13,15). The van der Waals surface area contributed by atoms with Gasteiger partial charge >= 0.3 is 5.97 Å². The summed E-state index contributed by atoms with van der Waals surface area (Å²) in [4.78, 5) is 22.0. The van der Waals surface area contributed by atoms with E-state index in [-0.39, 0.29) is 6.61 Å². The lowest BCUT2D eigenvalue weighted by Crippen LogP contribution is -2.20. The molecule has 0 aromatic heterocycles. The van der Waals surface area contributed by atoms with E-state index >= 15 is 0 Å². The summed E-state index contributed by atoms with van der Waals surface area (Å²) in [5, 5.41) is 2.60. The number of hydrogen-bond acceptors (Lipinski definition) is 5. The lowest BCUT2D eigenvalue weighted by Gasteiger charge is -2.18. The van der Waals surface area contributed by atoms with Crippen LogP contribution in [0, 0.1) is 0 Å². The van der Waals surface area contributed by atoms with Crippen molar-refractivity contribution in [2.45, 2.75) is 6.92 Å². The minimum atomic E-state index is -0.493. The van der Waals surface area contributed by atoms with Crippen LogP contribution in [0.3, 0.4) is 0 Å². The zero-order valence-corrected chi connectivity index (χ0v) is 9.89. The van der Waals surface area contributed by atoms with Gasteiger partial charge in [0, 0.05) is 18.7 Å². The number of fused-ring (bicyclic) bond motifs is 1. The molecule has 96 valence electrons. The molecule has 2 rings (SSSR count). The fourth-order valence-electron chi connectivity index (χ4n) is 1.49. The van der Waals surface area contributed by atoms with Crippen molar-refractivity contribution >= 4 is 17.6 Å². The van der Waals surface area contributed by atoms with Crippen LogP contribution in [0.5, 0.6) is 11.5 Å². The van der Waals surface area contributed by atoms with Gasteiger partial charge in [-0.1, -0.05) is 0 Å². The number of hydrogen-bond donors (Lipinski definition) is 1. The summed E-state index contributed by atoms with van der Waals surface area (Å²) in [6, 6.07) is 5.08. The van der Waals surface area contributed by atoms with E-state index in [1.807, 2.05) is 0 Å². The van der Waals surface area contributed by atoms with Crippen LogP contribution in [0.15, 0.2) is 18.2 Å². The molecular formula is C12H13NO5. The number of rotatable bonds is 3. The second kappa shape index (κ2) is 5.39. The fraction of sp³-hybridized carbons (Fsp3) is 0.333. The summed E-state index contributed by atoms with van der Waals surface area (Å²) >= 11 is 0. The van der Waals surface area contributed by atoms with Gasteiger partial charge in [-0.25, -0.2) is 0 Å². The summed E-state index contributed by atoms with van der Waals surface area (Å²) in [6.07, 6.45) is 0. The van der Waals surface area contributed by atoms with Crippen LogP contribution < -0.4 is 14.8 Å². The van der Waals surface area contributed by atoms with E-state index < -0.39 is 11.9 Å². The molecule has 0 bridgehead atoms. The molecule has 1 amide bonds. The largest absolute Gasteiger partial charge is 0.486 e. The molecule has 1 aromatic rings. The van der Waals surface area contributed by atoms with Gasteiger partial charge in [-0.2, -0.15) is 0 Å². The van der Waals surface area contributed by atoms with E-state index in [2.05, 4.69) is 10.1 Å². The smallest absolute Gasteiger partial charge is 0.303 e. The van der Waals surface area contributed by atoms with Gasteiger partial charge in [0.1, 0.15) is 13.2 Å². The molecule has 0 spiro atoms. The first-order valence-corrected chi connectivity index (χ1v) is 5.48. The highest BCUT2D eigenvalue weighted by molar-refractivity contribution is 5.93. The molecule has 0 saturated heterocycles. The third-order valence-electron chi connectivity index (χ3n) is 2.23. The molecule has 6 heteroatoms. The summed E-state index contributed by atoms with van der Waals surface area (Å²) in [5.74, 6) is 0.347. The zero-order chi connectivity index (χ0) is 13.0. The maximum Gasteiger partial charge on any atom is 0.303 e. The second-order valence-electron chi connectivity index (χ2n) is 3.69. The molecule has 0 fully saturated rings. The van der Waals surface area contributed by atoms with E-state index in [0.29, 0.717) is 30.4 Å². The third-order valence-corrected chi connectivity index (χ3v) is 2.23. The van der Waals surface area contributed by atoms with Gasteiger partial charge in [0.15, 0.2) is 18.1 Å². The molecule has 1 heterocycles. The van der Waals surface area contributed by atoms with Crippen LogP contribution in [0.1, 0.15) is 6.92 Å². The summed E-state index contributed by atoms with van der Waals surface area (Å²) in [6.45, 7) is 1.95. The Hall–Kier alpha value is -2.24. The highest BCUT2D eigenvalue weighted by atomic mass is 16.6. The number of ether oxygens (including phenoxy) is 3. The quantitative estimate of drug-likeness (QED) is 0.810. The van der Waals surface area contributed by atoms with Gasteiger partial charge in [0.2, 0.25) is 0 Å². The summed E-state index contributed by atoms with van der Waals surface area (Å²) in [7, 11) is 0. The van der Waals surface area contributed by atoms with Crippen LogP contribution in [0.25, 0.3) is 0 Å². The monoisotopic (exact) mass is 251 g/mol. The molecule has 1 N–H and O–H groups in total. The molecule has 1 aliphatic rings. The molecule has 18 heavy (non-hydrogen) atoms. The van der Waals surface area contributed by atoms with Crippen molar-refractivity contribution in [3.63, 3.8) is 0 Å². The van der Waals surface area contributed by atoms with E-state index in [1.165, 1.54) is 6.92 Å². The maximum absolute atomic E-state index is 11.4. The number of esters is 1. The number of benzene rings is 1. The van der Waals surface area contributed by atoms with Crippen molar-refractivity contribution in [3.8, 4) is 11.5 Å². The minimum Gasteiger partial charge on any atom is -0.486 e. The molecule has 0 saturated carbocycles. The van der Waals surface area contributed by atoms with Crippen molar-refractivity contribution in [2.24, 2.45) is 0 Å². The Kier molecular flexibility index (Phi) is 3.66. The molecule has 6 nitrogen and oxygen atoms in total. The minimum absolute atomic E-state index is 0.302. The Morgan fingerprint density at radius 2 is 2.00 bits per heavy atom. The number of nitrogens with one attached hydrogen (secondary N) is 1. The highest BCUT2D eigenvalue weighted by Gasteiger charge is 2.12. The van der Waals surface area contributed by atoms with Crippen LogP contribution in [0.4, 0.5) is 5.69 Å². The van der Waals surface area contributed by atoms with E-state index in [9.17, 15) is 9.59 Å². The third kappa shape index (κ3) is 3.13. The summed E-state index contributed by atoms with van der Waals surface area (Å²) in [5.41, 5.74) is 0.566. The van der Waals surface area contributed by atoms with Crippen molar-refractivity contribution in [2.75, 3.05) is 25.1 Å². The lowest BCUT2D eigenvalue weighted by atomic mass is 10.2. The Bertz CT molecular complexity index is 472. The van der Waals surface area contributed by atoms with Crippen LogP contribution in [-0.4, -0.2) is 31.7 Å². The molecule has 1 aromatic carbocycles. The van der Waals surface area contributed by atoms with Crippen molar-refractivity contribution < 1.29 is 23.8 Å². The van der Waals surface area contributed by atoms with Crippen molar-refractivity contribution in [1.29, 1.82) is 0 Å². The van der Waals surface area contributed by atoms with Gasteiger partial charge in [-0.3, -0.25) is 9.59 Å². The molecular weight excluding hydrogens is 238 g/mol. The normalized spacial score (nSPS) is 12.7. The first-order chi connectivity index (χ1) is 8.65. The molecule has 0 atom stereocenters. The van der Waals surface area contributed by atoms with Crippen LogP contribution in [-0.2, 0) is 14.3 Å². The first-order valence-electron chi connectivity index (χ1n) is 5.48. The van der Waals surface area contributed by atoms with E-state index in [4.69, 9.17) is 9.47 Å². The van der Waals surface area contributed by atoms with Crippen molar-refractivity contribution in [3.05, 3.63) is 18.2 Å². The van der Waals surface area contributed by atoms with Gasteiger partial charge < -0.3 is 19.5 Å². The van der Waals surface area contributed by atoms with Gasteiger partial charge in [-0.15, -0.1) is 0 Å². The average Bonchev–Trinajstić information content (AvgIpc) is 2.36. The molecule has 0 radical (unpaired) electrons. The van der Waals surface area contributed by atoms with Crippen molar-refractivity contribution in [1.82, 2.24) is 0 Å². The van der Waals surface area contributed by atoms with Gasteiger partial charge in [-0.05, 0) is 12.1 Å². The predicted octanol–water partition coefficient (Wildman–Crippen LogP) is 0.959. The lowest BCUT2D eigenvalue weighted by molar-refractivity contribution is -0.144. The number of carbonyl (C=O) groups excluding carboxylic acids is 2. The predicted molar refractivity (Wildman–Crippen MR) is 62.7 cm³/mol. The Labute approximate surface area is 104 Å². The SMILES string of the molecule is CC(=O)OCC(=O)Nc1ccc2c(c1)OCCO2. The van der Waals surface area contributed by atoms with Gasteiger partial charge in [0.25, 0.3) is 5.91 Å². The molecule has 1 aliphatic heterocycles. The number of anilines is 1. The number of carbonyl (C=O) groups is 2. The number of amides is 1. The molecule has 0 unspecified atom stereocenters. The Morgan fingerprint density at radius 1 is 1.28 bits per heavy atom. The highest BCUT2D eigenvalue weighted by Crippen LogP contribution is 2.32. The topological polar surface area (TPSA) is 73.9 Å². The Morgan fingerprint density at radius 3 is 2.72 bits per heavy atom. The second-order valence-corrected chi connectivity index (χ2v) is 3.69. The maximum atomic E-state index is 11.4. The first kappa shape index (κ1) is 12.2. The average molecular weight is 251 g/mol. The fourth-order valence-corrected chi connectivity index (χ4v) is 1.49. The molecule has 0 aliphatic carbocycles. The van der Waals surface area contributed by atoms with E-state index in [1.54, 1.807) is 18.2 Å². The van der Waals surface area contributed by atoms with E-state index in [0.717, 1.165) is 0 Å². The Balaban J connectivity index is 1.97. The van der Waals surface area contributed by atoms with Crippen LogP contribution in [0.2, 0.25) is 0 Å². The zero-order valence-electron chi connectivity index (χ0n) is 9.89.